The summed E-state index contributed by atoms with van der Waals surface area (Å²) in [6.45, 7) is 2.58. The number of benzene rings is 3. The molecule has 6 heteroatoms. The summed E-state index contributed by atoms with van der Waals surface area (Å²) in [6.07, 6.45) is 0.727. The molecule has 6 nitrogen and oxygen atoms in total. The van der Waals surface area contributed by atoms with Crippen LogP contribution in [0.4, 0.5) is 5.69 Å². The Kier molecular flexibility index (Phi) is 8.11. The van der Waals surface area contributed by atoms with E-state index in [1.165, 1.54) is 0 Å². The molecule has 0 saturated carbocycles. The molecule has 0 aromatic heterocycles. The predicted octanol–water partition coefficient (Wildman–Crippen LogP) is 4.53. The third-order valence-electron chi connectivity index (χ3n) is 5.22. The normalized spacial score (nSPS) is 11.5. The van der Waals surface area contributed by atoms with Crippen molar-refractivity contribution in [3.63, 3.8) is 0 Å². The third-order valence-corrected chi connectivity index (χ3v) is 5.22. The van der Waals surface area contributed by atoms with Crippen molar-refractivity contribution >= 4 is 11.6 Å². The van der Waals surface area contributed by atoms with Crippen LogP contribution in [0.5, 0.6) is 17.2 Å². The Balaban J connectivity index is 1.74. The van der Waals surface area contributed by atoms with E-state index in [9.17, 15) is 4.79 Å². The van der Waals surface area contributed by atoms with Crippen LogP contribution < -0.4 is 24.8 Å². The zero-order chi connectivity index (χ0) is 22.9. The summed E-state index contributed by atoms with van der Waals surface area (Å²) in [4.78, 5) is 13.3. The van der Waals surface area contributed by atoms with Gasteiger partial charge in [0.2, 0.25) is 5.91 Å². The summed E-state index contributed by atoms with van der Waals surface area (Å²) in [6, 6.07) is 20.7. The van der Waals surface area contributed by atoms with Gasteiger partial charge >= 0.3 is 0 Å². The van der Waals surface area contributed by atoms with Crippen LogP contribution in [0.25, 0.3) is 0 Å². The number of ether oxygens (including phenoxy) is 3. The largest absolute Gasteiger partial charge is 0.495 e. The van der Waals surface area contributed by atoms with Crippen molar-refractivity contribution in [3.05, 3.63) is 83.4 Å². The minimum absolute atomic E-state index is 0.146. The first-order valence-electron chi connectivity index (χ1n) is 10.5. The maximum atomic E-state index is 13.3. The molecule has 1 atom stereocenters. The molecule has 2 N–H and O–H groups in total. The second-order valence-electron chi connectivity index (χ2n) is 7.43. The first kappa shape index (κ1) is 23.2. The Morgan fingerprint density at radius 3 is 2.22 bits per heavy atom. The summed E-state index contributed by atoms with van der Waals surface area (Å²) in [5, 5.41) is 6.42. The number of hydrogen-bond donors (Lipinski definition) is 2. The van der Waals surface area contributed by atoms with Crippen molar-refractivity contribution < 1.29 is 19.0 Å². The molecule has 3 aromatic rings. The number of carbonyl (C=O) groups is 1. The Morgan fingerprint density at radius 2 is 1.53 bits per heavy atom. The Morgan fingerprint density at radius 1 is 0.844 bits per heavy atom. The van der Waals surface area contributed by atoms with Crippen LogP contribution in [0.2, 0.25) is 0 Å². The molecule has 0 heterocycles. The molecular weight excluding hydrogens is 404 g/mol. The quantitative estimate of drug-likeness (QED) is 0.491. The lowest BCUT2D eigenvalue weighted by Gasteiger charge is -2.20. The summed E-state index contributed by atoms with van der Waals surface area (Å²) in [5.74, 6) is 1.86. The second-order valence-corrected chi connectivity index (χ2v) is 7.43. The molecule has 0 spiro atoms. The van der Waals surface area contributed by atoms with E-state index in [4.69, 9.17) is 14.2 Å². The number of carbonyl (C=O) groups excluding carboxylic acids is 1. The average Bonchev–Trinajstić information content (AvgIpc) is 2.82. The zero-order valence-electron chi connectivity index (χ0n) is 19.0. The van der Waals surface area contributed by atoms with Gasteiger partial charge in [0.15, 0.2) is 11.5 Å². The zero-order valence-corrected chi connectivity index (χ0v) is 19.0. The average molecular weight is 435 g/mol. The van der Waals surface area contributed by atoms with Gasteiger partial charge in [-0.05, 0) is 54.3 Å². The summed E-state index contributed by atoms with van der Waals surface area (Å²) in [7, 11) is 4.83. The summed E-state index contributed by atoms with van der Waals surface area (Å²) >= 11 is 0. The molecule has 0 fully saturated rings. The van der Waals surface area contributed by atoms with E-state index in [0.29, 0.717) is 29.5 Å². The molecule has 0 saturated heterocycles. The van der Waals surface area contributed by atoms with E-state index in [2.05, 4.69) is 10.6 Å². The molecule has 0 aliphatic rings. The van der Waals surface area contributed by atoms with Crippen molar-refractivity contribution in [2.75, 3.05) is 33.2 Å². The molecule has 3 aromatic carbocycles. The molecule has 0 aliphatic carbocycles. The van der Waals surface area contributed by atoms with Gasteiger partial charge in [-0.25, -0.2) is 0 Å². The van der Waals surface area contributed by atoms with Crippen molar-refractivity contribution in [1.82, 2.24) is 5.32 Å². The van der Waals surface area contributed by atoms with Gasteiger partial charge in [0.25, 0.3) is 0 Å². The molecule has 0 aliphatic heterocycles. The first-order valence-corrected chi connectivity index (χ1v) is 10.5. The van der Waals surface area contributed by atoms with Gasteiger partial charge in [0.1, 0.15) is 11.8 Å². The highest BCUT2D eigenvalue weighted by atomic mass is 16.5. The topological polar surface area (TPSA) is 68.8 Å². The number of rotatable bonds is 10. The molecule has 0 radical (unpaired) electrons. The standard InChI is InChI=1S/C26H30N2O4/c1-18-10-12-22(30-2)21(16-18)28-26(29)25(20-8-6-5-7-9-20)27-15-14-19-11-13-23(31-3)24(17-19)32-4/h5-13,16-17,25,27H,14-15H2,1-4H3,(H,28,29). The molecule has 32 heavy (non-hydrogen) atoms. The summed E-state index contributed by atoms with van der Waals surface area (Å²) in [5.41, 5.74) is 3.67. The summed E-state index contributed by atoms with van der Waals surface area (Å²) < 4.78 is 16.1. The van der Waals surface area contributed by atoms with Crippen LogP contribution in [0.15, 0.2) is 66.7 Å². The minimum Gasteiger partial charge on any atom is -0.495 e. The van der Waals surface area contributed by atoms with Crippen molar-refractivity contribution in [3.8, 4) is 17.2 Å². The van der Waals surface area contributed by atoms with Crippen molar-refractivity contribution in [2.24, 2.45) is 0 Å². The molecule has 3 rings (SSSR count). The van der Waals surface area contributed by atoms with E-state index in [1.54, 1.807) is 21.3 Å². The van der Waals surface area contributed by atoms with Gasteiger partial charge in [-0.15, -0.1) is 0 Å². The Labute approximate surface area is 189 Å². The highest BCUT2D eigenvalue weighted by Gasteiger charge is 2.21. The predicted molar refractivity (Wildman–Crippen MR) is 127 cm³/mol. The fourth-order valence-electron chi connectivity index (χ4n) is 3.53. The highest BCUT2D eigenvalue weighted by molar-refractivity contribution is 5.96. The Hall–Kier alpha value is -3.51. The number of aryl methyl sites for hydroxylation is 1. The van der Waals surface area contributed by atoms with E-state index < -0.39 is 6.04 Å². The molecule has 0 bridgehead atoms. The first-order chi connectivity index (χ1) is 15.5. The van der Waals surface area contributed by atoms with E-state index >= 15 is 0 Å². The van der Waals surface area contributed by atoms with E-state index in [1.807, 2.05) is 73.7 Å². The van der Waals surface area contributed by atoms with Crippen molar-refractivity contribution in [2.45, 2.75) is 19.4 Å². The van der Waals surface area contributed by atoms with Gasteiger partial charge in [0.05, 0.1) is 27.0 Å². The van der Waals surface area contributed by atoms with Gasteiger partial charge in [0, 0.05) is 6.54 Å². The fraction of sp³-hybridized carbons (Fsp3) is 0.269. The lowest BCUT2D eigenvalue weighted by Crippen LogP contribution is -2.34. The highest BCUT2D eigenvalue weighted by Crippen LogP contribution is 2.28. The van der Waals surface area contributed by atoms with Crippen LogP contribution in [0.1, 0.15) is 22.7 Å². The molecular formula is C26H30N2O4. The number of amides is 1. The van der Waals surface area contributed by atoms with Gasteiger partial charge in [-0.2, -0.15) is 0 Å². The Bertz CT molecular complexity index is 1040. The number of hydrogen-bond acceptors (Lipinski definition) is 5. The smallest absolute Gasteiger partial charge is 0.246 e. The number of methoxy groups -OCH3 is 3. The number of anilines is 1. The lowest BCUT2D eigenvalue weighted by atomic mass is 10.0. The molecule has 168 valence electrons. The van der Waals surface area contributed by atoms with Gasteiger partial charge < -0.3 is 24.8 Å². The van der Waals surface area contributed by atoms with Crippen LogP contribution in [0, 0.1) is 6.92 Å². The monoisotopic (exact) mass is 434 g/mol. The maximum absolute atomic E-state index is 13.3. The van der Waals surface area contributed by atoms with Crippen molar-refractivity contribution in [1.29, 1.82) is 0 Å². The van der Waals surface area contributed by atoms with Crippen LogP contribution in [0.3, 0.4) is 0 Å². The van der Waals surface area contributed by atoms with Gasteiger partial charge in [-0.1, -0.05) is 42.5 Å². The van der Waals surface area contributed by atoms with E-state index in [-0.39, 0.29) is 5.91 Å². The van der Waals surface area contributed by atoms with Crippen LogP contribution >= 0.6 is 0 Å². The van der Waals surface area contributed by atoms with E-state index in [0.717, 1.165) is 23.1 Å². The molecule has 1 unspecified atom stereocenters. The van der Waals surface area contributed by atoms with Crippen LogP contribution in [-0.4, -0.2) is 33.8 Å². The van der Waals surface area contributed by atoms with Gasteiger partial charge in [-0.3, -0.25) is 4.79 Å². The maximum Gasteiger partial charge on any atom is 0.246 e. The SMILES string of the molecule is COc1ccc(C)cc1NC(=O)C(NCCc1ccc(OC)c(OC)c1)c1ccccc1. The third kappa shape index (κ3) is 5.80. The molecule has 1 amide bonds. The fourth-order valence-corrected chi connectivity index (χ4v) is 3.53. The minimum atomic E-state index is -0.512. The lowest BCUT2D eigenvalue weighted by molar-refractivity contribution is -0.118. The van der Waals surface area contributed by atoms with Crippen LogP contribution in [-0.2, 0) is 11.2 Å². The number of nitrogens with one attached hydrogen (secondary N) is 2. The second kappa shape index (κ2) is 11.2.